The van der Waals surface area contributed by atoms with Crippen LogP contribution in [0.5, 0.6) is 0 Å². The second-order valence-corrected chi connectivity index (χ2v) is 10.8. The van der Waals surface area contributed by atoms with Crippen molar-refractivity contribution in [1.29, 1.82) is 0 Å². The molecule has 0 radical (unpaired) electrons. The van der Waals surface area contributed by atoms with Gasteiger partial charge in [0.1, 0.15) is 12.1 Å². The molecule has 1 aromatic heterocycles. The Morgan fingerprint density at radius 3 is 2.49 bits per heavy atom. The first-order chi connectivity index (χ1) is 16.5. The minimum atomic E-state index is -0.827. The highest BCUT2D eigenvalue weighted by atomic mass is 32.1. The van der Waals surface area contributed by atoms with Crippen LogP contribution in [0.15, 0.2) is 29.8 Å². The predicted octanol–water partition coefficient (Wildman–Crippen LogP) is 1.45. The minimum absolute atomic E-state index is 0.0499. The van der Waals surface area contributed by atoms with Gasteiger partial charge in [0.2, 0.25) is 17.7 Å². The van der Waals surface area contributed by atoms with Gasteiger partial charge in [-0.1, -0.05) is 45.0 Å². The number of likely N-dealkylation sites (tertiary alicyclic amines) is 1. The Balaban J connectivity index is 1.67. The number of hydrogen-bond acceptors (Lipinski definition) is 7. The van der Waals surface area contributed by atoms with E-state index in [0.717, 1.165) is 21.7 Å². The van der Waals surface area contributed by atoms with E-state index in [0.29, 0.717) is 6.54 Å². The maximum absolute atomic E-state index is 13.4. The first-order valence-electron chi connectivity index (χ1n) is 11.7. The summed E-state index contributed by atoms with van der Waals surface area (Å²) in [4.78, 5) is 45.5. The number of amides is 3. The molecule has 190 valence electrons. The number of carbonyl (C=O) groups is 3. The molecule has 0 bridgehead atoms. The van der Waals surface area contributed by atoms with Crippen LogP contribution in [0, 0.1) is 12.3 Å². The van der Waals surface area contributed by atoms with E-state index in [1.54, 1.807) is 18.4 Å². The molecule has 1 aliphatic heterocycles. The average molecular weight is 502 g/mol. The first kappa shape index (κ1) is 26.8. The molecule has 9 nitrogen and oxygen atoms in total. The molecule has 0 aliphatic carbocycles. The lowest BCUT2D eigenvalue weighted by Gasteiger charge is -2.35. The quantitative estimate of drug-likeness (QED) is 0.434. The lowest BCUT2D eigenvalue weighted by molar-refractivity contribution is -0.143. The van der Waals surface area contributed by atoms with Crippen LogP contribution < -0.4 is 16.0 Å². The summed E-state index contributed by atoms with van der Waals surface area (Å²) >= 11 is 1.59. The largest absolute Gasteiger partial charge is 0.391 e. The van der Waals surface area contributed by atoms with Crippen LogP contribution in [0.1, 0.15) is 38.4 Å². The maximum atomic E-state index is 13.4. The number of aromatic nitrogens is 1. The van der Waals surface area contributed by atoms with Crippen molar-refractivity contribution in [3.8, 4) is 10.4 Å². The van der Waals surface area contributed by atoms with E-state index in [1.807, 2.05) is 57.5 Å². The van der Waals surface area contributed by atoms with Crippen molar-refractivity contribution in [2.75, 3.05) is 20.1 Å². The summed E-state index contributed by atoms with van der Waals surface area (Å²) in [6.07, 6.45) is -0.645. The predicted molar refractivity (Wildman–Crippen MR) is 136 cm³/mol. The van der Waals surface area contributed by atoms with Crippen molar-refractivity contribution in [3.05, 3.63) is 41.0 Å². The van der Waals surface area contributed by atoms with Crippen LogP contribution in [0.4, 0.5) is 0 Å². The number of carbonyl (C=O) groups excluding carboxylic acids is 3. The Hall–Kier alpha value is -2.82. The first-order valence-corrected chi connectivity index (χ1v) is 12.6. The van der Waals surface area contributed by atoms with E-state index in [-0.39, 0.29) is 37.2 Å². The molecule has 3 amide bonds. The van der Waals surface area contributed by atoms with Crippen molar-refractivity contribution >= 4 is 29.1 Å². The molecular weight excluding hydrogens is 466 g/mol. The number of rotatable bonds is 8. The van der Waals surface area contributed by atoms with E-state index in [1.165, 1.54) is 4.90 Å². The number of nitrogens with zero attached hydrogens (tertiary/aromatic N) is 2. The highest BCUT2D eigenvalue weighted by Crippen LogP contribution is 2.28. The zero-order valence-corrected chi connectivity index (χ0v) is 21.7. The van der Waals surface area contributed by atoms with Gasteiger partial charge in [-0.05, 0) is 30.5 Å². The average Bonchev–Trinajstić information content (AvgIpc) is 3.40. The number of aliphatic hydroxyl groups is 1. The van der Waals surface area contributed by atoms with Crippen molar-refractivity contribution in [1.82, 2.24) is 25.8 Å². The summed E-state index contributed by atoms with van der Waals surface area (Å²) in [6.45, 7) is 7.97. The van der Waals surface area contributed by atoms with E-state index >= 15 is 0 Å². The van der Waals surface area contributed by atoms with Gasteiger partial charge in [0, 0.05) is 19.5 Å². The van der Waals surface area contributed by atoms with Crippen LogP contribution in [0.2, 0.25) is 0 Å². The van der Waals surface area contributed by atoms with E-state index in [2.05, 4.69) is 20.9 Å². The highest BCUT2D eigenvalue weighted by Gasteiger charge is 2.44. The van der Waals surface area contributed by atoms with Gasteiger partial charge in [-0.2, -0.15) is 0 Å². The van der Waals surface area contributed by atoms with Gasteiger partial charge in [0.25, 0.3) is 0 Å². The number of thiazole rings is 1. The summed E-state index contributed by atoms with van der Waals surface area (Å²) in [7, 11) is 1.65. The smallest absolute Gasteiger partial charge is 0.246 e. The minimum Gasteiger partial charge on any atom is -0.391 e. The summed E-state index contributed by atoms with van der Waals surface area (Å²) in [6, 6.07) is 6.27. The number of aryl methyl sites for hydroxylation is 1. The van der Waals surface area contributed by atoms with Gasteiger partial charge in [-0.15, -0.1) is 11.3 Å². The number of hydrogen-bond donors (Lipinski definition) is 4. The second kappa shape index (κ2) is 11.3. The molecule has 1 aromatic carbocycles. The Morgan fingerprint density at radius 1 is 1.23 bits per heavy atom. The number of aliphatic hydroxyl groups excluding tert-OH is 1. The van der Waals surface area contributed by atoms with Gasteiger partial charge in [-0.25, -0.2) is 4.98 Å². The molecular formula is C25H35N5O4S. The fourth-order valence-corrected chi connectivity index (χ4v) is 4.96. The molecule has 3 rings (SSSR count). The van der Waals surface area contributed by atoms with Crippen LogP contribution in [-0.4, -0.2) is 71.0 Å². The van der Waals surface area contributed by atoms with Crippen molar-refractivity contribution in [3.63, 3.8) is 0 Å². The zero-order chi connectivity index (χ0) is 25.8. The second-order valence-electron chi connectivity index (χ2n) is 9.97. The van der Waals surface area contributed by atoms with Gasteiger partial charge in [0.05, 0.1) is 28.7 Å². The molecule has 1 aliphatic rings. The van der Waals surface area contributed by atoms with E-state index < -0.39 is 23.6 Å². The monoisotopic (exact) mass is 501 g/mol. The molecule has 0 saturated carbocycles. The highest BCUT2D eigenvalue weighted by molar-refractivity contribution is 7.13. The van der Waals surface area contributed by atoms with Crippen molar-refractivity contribution in [2.24, 2.45) is 5.41 Å². The molecule has 2 aromatic rings. The molecule has 0 spiro atoms. The van der Waals surface area contributed by atoms with Crippen LogP contribution in [-0.2, 0) is 20.9 Å². The standard InChI is InChI=1S/C25H35N5O4S/c1-15-21(35-14-28-15)17-8-6-16(7-9-17)11-27-23(33)19-10-18(31)13-30(19)24(34)22(25(2,3)4)29-20(32)12-26-5/h6-9,14,18-19,22,26,31H,10-13H2,1-5H3,(H,27,33)(H,29,32). The number of benzene rings is 1. The Bertz CT molecular complexity index is 1050. The van der Waals surface area contributed by atoms with E-state index in [9.17, 15) is 19.5 Å². The lowest BCUT2D eigenvalue weighted by Crippen LogP contribution is -2.58. The van der Waals surface area contributed by atoms with Crippen molar-refractivity contribution < 1.29 is 19.5 Å². The zero-order valence-electron chi connectivity index (χ0n) is 20.9. The third kappa shape index (κ3) is 6.65. The van der Waals surface area contributed by atoms with Gasteiger partial charge >= 0.3 is 0 Å². The fraction of sp³-hybridized carbons (Fsp3) is 0.520. The lowest BCUT2D eigenvalue weighted by atomic mass is 9.85. The maximum Gasteiger partial charge on any atom is 0.246 e. The molecule has 2 heterocycles. The summed E-state index contributed by atoms with van der Waals surface area (Å²) in [5, 5.41) is 18.7. The molecule has 4 N–H and O–H groups in total. The molecule has 1 fully saturated rings. The van der Waals surface area contributed by atoms with Crippen molar-refractivity contribution in [2.45, 2.75) is 58.8 Å². The topological polar surface area (TPSA) is 124 Å². The summed E-state index contributed by atoms with van der Waals surface area (Å²) < 4.78 is 0. The number of nitrogens with one attached hydrogen (secondary N) is 3. The Kier molecular flexibility index (Phi) is 8.63. The molecule has 3 unspecified atom stereocenters. The number of likely N-dealkylation sites (N-methyl/N-ethyl adjacent to an activating group) is 1. The molecule has 35 heavy (non-hydrogen) atoms. The van der Waals surface area contributed by atoms with Crippen LogP contribution in [0.25, 0.3) is 10.4 Å². The summed E-state index contributed by atoms with van der Waals surface area (Å²) in [5.74, 6) is -1.01. The third-order valence-corrected chi connectivity index (χ3v) is 7.03. The van der Waals surface area contributed by atoms with Gasteiger partial charge in [0.15, 0.2) is 0 Å². The third-order valence-electron chi connectivity index (χ3n) is 6.05. The van der Waals surface area contributed by atoms with Gasteiger partial charge in [-0.3, -0.25) is 14.4 Å². The molecule has 1 saturated heterocycles. The Morgan fingerprint density at radius 2 is 1.91 bits per heavy atom. The SMILES string of the molecule is CNCC(=O)NC(C(=O)N1CC(O)CC1C(=O)NCc1ccc(-c2scnc2C)cc1)C(C)(C)C. The van der Waals surface area contributed by atoms with E-state index in [4.69, 9.17) is 0 Å². The Labute approximate surface area is 210 Å². The fourth-order valence-electron chi connectivity index (χ4n) is 4.15. The summed E-state index contributed by atoms with van der Waals surface area (Å²) in [5.41, 5.74) is 4.22. The normalized spacial score (nSPS) is 18.9. The number of β-amino-alcohol motifs (C(OH)–C–C–N with tert-alkyl or cyclic N) is 1. The van der Waals surface area contributed by atoms with Crippen LogP contribution in [0.3, 0.4) is 0 Å². The van der Waals surface area contributed by atoms with Gasteiger partial charge < -0.3 is 26.0 Å². The van der Waals surface area contributed by atoms with Crippen LogP contribution >= 0.6 is 11.3 Å². The molecule has 3 atom stereocenters. The molecule has 10 heteroatoms.